The summed E-state index contributed by atoms with van der Waals surface area (Å²) in [5.41, 5.74) is 0. The molecule has 15 heavy (non-hydrogen) atoms. The fourth-order valence-corrected chi connectivity index (χ4v) is 2.39. The summed E-state index contributed by atoms with van der Waals surface area (Å²) in [7, 11) is 0. The molecule has 0 unspecified atom stereocenters. The molecule has 2 heteroatoms. The SMILES string of the molecule is CC(=O)NCC1CCCCCCCCC1. The van der Waals surface area contributed by atoms with Gasteiger partial charge in [0.05, 0.1) is 0 Å². The molecule has 0 atom stereocenters. The second-order valence-electron chi connectivity index (χ2n) is 4.86. The van der Waals surface area contributed by atoms with Gasteiger partial charge in [0.15, 0.2) is 0 Å². The minimum Gasteiger partial charge on any atom is -0.356 e. The number of amides is 1. The lowest BCUT2D eigenvalue weighted by molar-refractivity contribution is -0.119. The van der Waals surface area contributed by atoms with Crippen molar-refractivity contribution in [2.24, 2.45) is 5.92 Å². The molecule has 1 N–H and O–H groups in total. The van der Waals surface area contributed by atoms with Crippen molar-refractivity contribution in [1.29, 1.82) is 0 Å². The first-order valence-corrected chi connectivity index (χ1v) is 6.53. The van der Waals surface area contributed by atoms with Crippen LogP contribution in [0.4, 0.5) is 0 Å². The Morgan fingerprint density at radius 3 is 1.93 bits per heavy atom. The monoisotopic (exact) mass is 211 g/mol. The minimum atomic E-state index is 0.118. The standard InChI is InChI=1S/C13H25NO/c1-12(15)14-11-13-9-7-5-3-2-4-6-8-10-13/h13H,2-11H2,1H3,(H,14,15). The van der Waals surface area contributed by atoms with Crippen molar-refractivity contribution in [2.45, 2.75) is 64.7 Å². The summed E-state index contributed by atoms with van der Waals surface area (Å²) in [5.74, 6) is 0.846. The van der Waals surface area contributed by atoms with E-state index in [2.05, 4.69) is 5.32 Å². The van der Waals surface area contributed by atoms with Crippen LogP contribution in [0.2, 0.25) is 0 Å². The average Bonchev–Trinajstić information content (AvgIpc) is 2.23. The molecule has 0 aromatic heterocycles. The van der Waals surface area contributed by atoms with E-state index in [0.29, 0.717) is 0 Å². The first-order chi connectivity index (χ1) is 7.29. The van der Waals surface area contributed by atoms with Gasteiger partial charge in [0.1, 0.15) is 0 Å². The van der Waals surface area contributed by atoms with E-state index in [0.717, 1.165) is 12.5 Å². The van der Waals surface area contributed by atoms with Gasteiger partial charge in [-0.25, -0.2) is 0 Å². The van der Waals surface area contributed by atoms with Crippen molar-refractivity contribution in [2.75, 3.05) is 6.54 Å². The molecular formula is C13H25NO. The summed E-state index contributed by atoms with van der Waals surface area (Å²) in [5, 5.41) is 2.96. The Labute approximate surface area is 93.8 Å². The molecule has 0 aromatic carbocycles. The van der Waals surface area contributed by atoms with Crippen molar-refractivity contribution < 1.29 is 4.79 Å². The summed E-state index contributed by atoms with van der Waals surface area (Å²) in [6.45, 7) is 2.51. The van der Waals surface area contributed by atoms with Crippen LogP contribution >= 0.6 is 0 Å². The van der Waals surface area contributed by atoms with Crippen LogP contribution in [0.3, 0.4) is 0 Å². The van der Waals surface area contributed by atoms with Crippen LogP contribution in [-0.4, -0.2) is 12.5 Å². The smallest absolute Gasteiger partial charge is 0.216 e. The molecule has 0 bridgehead atoms. The van der Waals surface area contributed by atoms with Gasteiger partial charge in [0.2, 0.25) is 5.91 Å². The summed E-state index contributed by atoms with van der Waals surface area (Å²) < 4.78 is 0. The first-order valence-electron chi connectivity index (χ1n) is 6.53. The van der Waals surface area contributed by atoms with Crippen LogP contribution in [-0.2, 0) is 4.79 Å². The maximum Gasteiger partial charge on any atom is 0.216 e. The molecular weight excluding hydrogens is 186 g/mol. The molecule has 0 heterocycles. The Hall–Kier alpha value is -0.530. The van der Waals surface area contributed by atoms with Crippen molar-refractivity contribution in [3.05, 3.63) is 0 Å². The molecule has 1 fully saturated rings. The maximum atomic E-state index is 10.9. The summed E-state index contributed by atoms with van der Waals surface area (Å²) in [6.07, 6.45) is 12.3. The van der Waals surface area contributed by atoms with Gasteiger partial charge >= 0.3 is 0 Å². The van der Waals surface area contributed by atoms with Crippen LogP contribution in [0.1, 0.15) is 64.7 Å². The molecule has 0 saturated heterocycles. The number of hydrogen-bond donors (Lipinski definition) is 1. The largest absolute Gasteiger partial charge is 0.356 e. The number of nitrogens with one attached hydrogen (secondary N) is 1. The molecule has 88 valence electrons. The first kappa shape index (κ1) is 12.5. The van der Waals surface area contributed by atoms with Crippen LogP contribution in [0, 0.1) is 5.92 Å². The molecule has 1 aliphatic carbocycles. The van der Waals surface area contributed by atoms with E-state index in [9.17, 15) is 4.79 Å². The summed E-state index contributed by atoms with van der Waals surface area (Å²) >= 11 is 0. The zero-order valence-electron chi connectivity index (χ0n) is 10.1. The highest BCUT2D eigenvalue weighted by Crippen LogP contribution is 2.20. The van der Waals surface area contributed by atoms with Gasteiger partial charge in [-0.15, -0.1) is 0 Å². The van der Waals surface area contributed by atoms with E-state index in [1.165, 1.54) is 57.8 Å². The minimum absolute atomic E-state index is 0.118. The van der Waals surface area contributed by atoms with E-state index >= 15 is 0 Å². The van der Waals surface area contributed by atoms with Crippen molar-refractivity contribution in [3.63, 3.8) is 0 Å². The Bertz CT molecular complexity index is 169. The Kier molecular flexibility index (Phi) is 6.45. The molecule has 1 saturated carbocycles. The second-order valence-corrected chi connectivity index (χ2v) is 4.86. The molecule has 1 rings (SSSR count). The van der Waals surface area contributed by atoms with E-state index in [-0.39, 0.29) is 5.91 Å². The van der Waals surface area contributed by atoms with Gasteiger partial charge in [0, 0.05) is 13.5 Å². The van der Waals surface area contributed by atoms with Gasteiger partial charge < -0.3 is 5.32 Å². The third-order valence-corrected chi connectivity index (χ3v) is 3.36. The van der Waals surface area contributed by atoms with Gasteiger partial charge in [-0.3, -0.25) is 4.79 Å². The third-order valence-electron chi connectivity index (χ3n) is 3.36. The molecule has 2 nitrogen and oxygen atoms in total. The highest BCUT2D eigenvalue weighted by atomic mass is 16.1. The maximum absolute atomic E-state index is 10.9. The average molecular weight is 211 g/mol. The molecule has 1 aliphatic rings. The molecule has 0 aliphatic heterocycles. The quantitative estimate of drug-likeness (QED) is 0.746. The fraction of sp³-hybridized carbons (Fsp3) is 0.923. The van der Waals surface area contributed by atoms with Crippen LogP contribution in [0.25, 0.3) is 0 Å². The van der Waals surface area contributed by atoms with Gasteiger partial charge in [0.25, 0.3) is 0 Å². The Morgan fingerprint density at radius 1 is 1.00 bits per heavy atom. The Balaban J connectivity index is 2.22. The summed E-state index contributed by atoms with van der Waals surface area (Å²) in [6, 6.07) is 0. The van der Waals surface area contributed by atoms with Gasteiger partial charge in [-0.1, -0.05) is 44.9 Å². The van der Waals surface area contributed by atoms with Crippen molar-refractivity contribution in [1.82, 2.24) is 5.32 Å². The molecule has 0 radical (unpaired) electrons. The van der Waals surface area contributed by atoms with Crippen molar-refractivity contribution >= 4 is 5.91 Å². The normalized spacial score (nSPS) is 20.9. The van der Waals surface area contributed by atoms with E-state index in [1.807, 2.05) is 0 Å². The predicted molar refractivity (Wildman–Crippen MR) is 63.7 cm³/mol. The third kappa shape index (κ3) is 6.53. The highest BCUT2D eigenvalue weighted by Gasteiger charge is 2.10. The summed E-state index contributed by atoms with van der Waals surface area (Å²) in [4.78, 5) is 10.9. The van der Waals surface area contributed by atoms with Gasteiger partial charge in [-0.2, -0.15) is 0 Å². The van der Waals surface area contributed by atoms with Crippen LogP contribution in [0.15, 0.2) is 0 Å². The number of hydrogen-bond acceptors (Lipinski definition) is 1. The van der Waals surface area contributed by atoms with E-state index in [4.69, 9.17) is 0 Å². The van der Waals surface area contributed by atoms with E-state index < -0.39 is 0 Å². The molecule has 0 aromatic rings. The van der Waals surface area contributed by atoms with Crippen molar-refractivity contribution in [3.8, 4) is 0 Å². The van der Waals surface area contributed by atoms with Crippen LogP contribution < -0.4 is 5.32 Å². The highest BCUT2D eigenvalue weighted by molar-refractivity contribution is 5.72. The predicted octanol–water partition coefficient (Wildman–Crippen LogP) is 3.26. The van der Waals surface area contributed by atoms with Gasteiger partial charge in [-0.05, 0) is 18.8 Å². The zero-order valence-corrected chi connectivity index (χ0v) is 10.1. The lowest BCUT2D eigenvalue weighted by atomic mass is 9.92. The lowest BCUT2D eigenvalue weighted by Crippen LogP contribution is -2.27. The lowest BCUT2D eigenvalue weighted by Gasteiger charge is -2.18. The topological polar surface area (TPSA) is 29.1 Å². The molecule has 1 amide bonds. The van der Waals surface area contributed by atoms with E-state index in [1.54, 1.807) is 6.92 Å². The fourth-order valence-electron chi connectivity index (χ4n) is 2.39. The zero-order chi connectivity index (χ0) is 10.9. The second kappa shape index (κ2) is 7.72. The Morgan fingerprint density at radius 2 is 1.47 bits per heavy atom. The number of carbonyl (C=O) groups excluding carboxylic acids is 1. The number of rotatable bonds is 2. The molecule has 0 spiro atoms. The number of carbonyl (C=O) groups is 1. The van der Waals surface area contributed by atoms with Crippen LogP contribution in [0.5, 0.6) is 0 Å².